The van der Waals surface area contributed by atoms with Gasteiger partial charge in [0, 0.05) is 22.5 Å². The molecule has 0 atom stereocenters. The summed E-state index contributed by atoms with van der Waals surface area (Å²) in [7, 11) is 0. The number of esters is 1. The molecule has 2 heterocycles. The van der Waals surface area contributed by atoms with Crippen LogP contribution in [0.25, 0.3) is 22.5 Å². The van der Waals surface area contributed by atoms with Crippen LogP contribution in [0, 0.1) is 13.8 Å². The fourth-order valence-electron chi connectivity index (χ4n) is 2.78. The number of halogens is 1. The average Bonchev–Trinajstić information content (AvgIpc) is 3.13. The molecule has 6 heteroatoms. The summed E-state index contributed by atoms with van der Waals surface area (Å²) >= 11 is 6.05. The zero-order chi connectivity index (χ0) is 17.3. The van der Waals surface area contributed by atoms with E-state index >= 15 is 0 Å². The number of hydrogen-bond acceptors (Lipinski definition) is 3. The van der Waals surface area contributed by atoms with Gasteiger partial charge in [-0.05, 0) is 50.1 Å². The zero-order valence-electron chi connectivity index (χ0n) is 13.7. The van der Waals surface area contributed by atoms with Gasteiger partial charge >= 0.3 is 5.97 Å². The van der Waals surface area contributed by atoms with Crippen molar-refractivity contribution in [1.29, 1.82) is 0 Å². The lowest BCUT2D eigenvalue weighted by molar-refractivity contribution is 0.0526. The van der Waals surface area contributed by atoms with Crippen molar-refractivity contribution in [2.45, 2.75) is 20.8 Å². The lowest BCUT2D eigenvalue weighted by Crippen LogP contribution is -2.07. The smallest absolute Gasteiger partial charge is 0.342 e. The van der Waals surface area contributed by atoms with Crippen LogP contribution in [-0.2, 0) is 4.74 Å². The Morgan fingerprint density at radius 3 is 2.75 bits per heavy atom. The predicted molar refractivity (Wildman–Crippen MR) is 94.3 cm³/mol. The molecule has 3 rings (SSSR count). The van der Waals surface area contributed by atoms with Gasteiger partial charge in [-0.25, -0.2) is 4.79 Å². The van der Waals surface area contributed by atoms with Crippen molar-refractivity contribution in [3.63, 3.8) is 0 Å². The van der Waals surface area contributed by atoms with Crippen molar-refractivity contribution in [3.8, 4) is 22.5 Å². The van der Waals surface area contributed by atoms with Gasteiger partial charge in [0.05, 0.1) is 12.3 Å². The number of nitrogens with zero attached hydrogens (tertiary/aromatic N) is 1. The first-order valence-electron chi connectivity index (χ1n) is 7.69. The van der Waals surface area contributed by atoms with Crippen LogP contribution in [0.4, 0.5) is 0 Å². The van der Waals surface area contributed by atoms with E-state index in [-0.39, 0.29) is 5.97 Å². The highest BCUT2D eigenvalue weighted by Gasteiger charge is 2.23. The number of carbonyl (C=O) groups excluding carboxylic acids is 1. The number of aryl methyl sites for hydroxylation is 2. The molecule has 0 aliphatic heterocycles. The molecule has 24 heavy (non-hydrogen) atoms. The Hall–Kier alpha value is -2.53. The third-order valence-electron chi connectivity index (χ3n) is 3.89. The van der Waals surface area contributed by atoms with E-state index in [9.17, 15) is 4.79 Å². The second-order valence-electron chi connectivity index (χ2n) is 5.52. The first kappa shape index (κ1) is 16.3. The Morgan fingerprint density at radius 2 is 2.04 bits per heavy atom. The third-order valence-corrected chi connectivity index (χ3v) is 4.12. The summed E-state index contributed by atoms with van der Waals surface area (Å²) < 4.78 is 5.16. The summed E-state index contributed by atoms with van der Waals surface area (Å²) in [5.74, 6) is -0.382. The zero-order valence-corrected chi connectivity index (χ0v) is 14.5. The quantitative estimate of drug-likeness (QED) is 0.684. The first-order valence-corrected chi connectivity index (χ1v) is 8.07. The molecule has 0 amide bonds. The largest absolute Gasteiger partial charge is 0.462 e. The number of carbonyl (C=O) groups is 1. The molecule has 0 bridgehead atoms. The average molecular weight is 344 g/mol. The van der Waals surface area contributed by atoms with Crippen LogP contribution in [0.15, 0.2) is 30.5 Å². The fraction of sp³-hybridized carbons (Fsp3) is 0.222. The lowest BCUT2D eigenvalue weighted by atomic mass is 9.98. The van der Waals surface area contributed by atoms with Gasteiger partial charge in [0.15, 0.2) is 0 Å². The van der Waals surface area contributed by atoms with Crippen molar-refractivity contribution in [2.75, 3.05) is 6.61 Å². The number of hydrogen-bond donors (Lipinski definition) is 2. The SMILES string of the molecule is CCOC(=O)c1c(-c2[nH]ccc2-c2ccc(Cl)cc2C)n[nH]c1C. The summed E-state index contributed by atoms with van der Waals surface area (Å²) in [4.78, 5) is 15.5. The number of benzene rings is 1. The molecule has 0 saturated carbocycles. The Balaban J connectivity index is 2.14. The van der Waals surface area contributed by atoms with Crippen LogP contribution in [0.1, 0.15) is 28.5 Å². The molecule has 0 unspecified atom stereocenters. The van der Waals surface area contributed by atoms with Gasteiger partial charge in [0.1, 0.15) is 11.3 Å². The monoisotopic (exact) mass is 343 g/mol. The van der Waals surface area contributed by atoms with Crippen LogP contribution in [0.5, 0.6) is 0 Å². The minimum atomic E-state index is -0.382. The molecule has 3 aromatic rings. The van der Waals surface area contributed by atoms with Gasteiger partial charge in [-0.3, -0.25) is 5.10 Å². The minimum Gasteiger partial charge on any atom is -0.462 e. The van der Waals surface area contributed by atoms with Gasteiger partial charge in [0.25, 0.3) is 0 Å². The number of H-pyrrole nitrogens is 2. The molecule has 0 aliphatic carbocycles. The van der Waals surface area contributed by atoms with E-state index in [1.165, 1.54) is 0 Å². The molecule has 0 saturated heterocycles. The van der Waals surface area contributed by atoms with E-state index in [1.54, 1.807) is 13.8 Å². The van der Waals surface area contributed by atoms with Gasteiger partial charge in [0.2, 0.25) is 0 Å². The van der Waals surface area contributed by atoms with Crippen LogP contribution in [-0.4, -0.2) is 27.8 Å². The molecular weight excluding hydrogens is 326 g/mol. The van der Waals surface area contributed by atoms with E-state index < -0.39 is 0 Å². The maximum Gasteiger partial charge on any atom is 0.342 e. The van der Waals surface area contributed by atoms with Gasteiger partial charge in [-0.2, -0.15) is 5.10 Å². The topological polar surface area (TPSA) is 70.8 Å². The standard InChI is InChI=1S/C18H18ClN3O2/c1-4-24-18(23)15-11(3)21-22-17(15)16-14(7-8-20-16)13-6-5-12(19)9-10(13)2/h5-9,20H,4H2,1-3H3,(H,21,22). The third kappa shape index (κ3) is 2.83. The molecule has 2 N–H and O–H groups in total. The van der Waals surface area contributed by atoms with Crippen LogP contribution in [0.3, 0.4) is 0 Å². The van der Waals surface area contributed by atoms with Crippen molar-refractivity contribution >= 4 is 17.6 Å². The summed E-state index contributed by atoms with van der Waals surface area (Å²) in [6.45, 7) is 5.90. The van der Waals surface area contributed by atoms with Crippen molar-refractivity contribution in [3.05, 3.63) is 52.3 Å². The van der Waals surface area contributed by atoms with Gasteiger partial charge < -0.3 is 9.72 Å². The molecule has 124 valence electrons. The number of nitrogens with one attached hydrogen (secondary N) is 2. The van der Waals surface area contributed by atoms with Crippen LogP contribution < -0.4 is 0 Å². The molecule has 0 aliphatic rings. The molecule has 0 spiro atoms. The summed E-state index contributed by atoms with van der Waals surface area (Å²) in [5.41, 5.74) is 5.50. The van der Waals surface area contributed by atoms with E-state index in [1.807, 2.05) is 37.4 Å². The van der Waals surface area contributed by atoms with E-state index in [4.69, 9.17) is 16.3 Å². The second kappa shape index (κ2) is 6.53. The Morgan fingerprint density at radius 1 is 1.25 bits per heavy atom. The number of ether oxygens (including phenoxy) is 1. The van der Waals surface area contributed by atoms with Gasteiger partial charge in [-0.1, -0.05) is 17.7 Å². The lowest BCUT2D eigenvalue weighted by Gasteiger charge is -2.08. The molecule has 1 aromatic carbocycles. The summed E-state index contributed by atoms with van der Waals surface area (Å²) in [6, 6.07) is 7.69. The van der Waals surface area contributed by atoms with Gasteiger partial charge in [-0.15, -0.1) is 0 Å². The van der Waals surface area contributed by atoms with E-state index in [2.05, 4.69) is 15.2 Å². The summed E-state index contributed by atoms with van der Waals surface area (Å²) in [5, 5.41) is 7.88. The molecule has 2 aromatic heterocycles. The van der Waals surface area contributed by atoms with Crippen LogP contribution >= 0.6 is 11.6 Å². The fourth-order valence-corrected chi connectivity index (χ4v) is 3.01. The van der Waals surface area contributed by atoms with E-state index in [0.717, 1.165) is 22.4 Å². The highest BCUT2D eigenvalue weighted by molar-refractivity contribution is 6.30. The molecule has 0 fully saturated rings. The maximum atomic E-state index is 12.3. The van der Waals surface area contributed by atoms with Crippen molar-refractivity contribution < 1.29 is 9.53 Å². The maximum absolute atomic E-state index is 12.3. The molecule has 5 nitrogen and oxygen atoms in total. The highest BCUT2D eigenvalue weighted by Crippen LogP contribution is 2.35. The first-order chi connectivity index (χ1) is 11.5. The van der Waals surface area contributed by atoms with Crippen molar-refractivity contribution in [1.82, 2.24) is 15.2 Å². The number of aromatic nitrogens is 3. The van der Waals surface area contributed by atoms with Crippen molar-refractivity contribution in [2.24, 2.45) is 0 Å². The normalized spacial score (nSPS) is 10.8. The highest BCUT2D eigenvalue weighted by atomic mass is 35.5. The number of aromatic amines is 2. The van der Waals surface area contributed by atoms with Crippen LogP contribution in [0.2, 0.25) is 5.02 Å². The Bertz CT molecular complexity index is 896. The summed E-state index contributed by atoms with van der Waals surface area (Å²) in [6.07, 6.45) is 1.83. The van der Waals surface area contributed by atoms with E-state index in [0.29, 0.717) is 28.6 Å². The minimum absolute atomic E-state index is 0.316. The predicted octanol–water partition coefficient (Wildman–Crippen LogP) is 4.52. The Labute approximate surface area is 145 Å². The molecule has 0 radical (unpaired) electrons. The Kier molecular flexibility index (Phi) is 4.44. The molecular formula is C18H18ClN3O2. The second-order valence-corrected chi connectivity index (χ2v) is 5.95. The number of rotatable bonds is 4.